The number of hydrogen-bond acceptors (Lipinski definition) is 2. The molecular weight excluding hydrogens is 265 g/mol. The molecule has 1 aliphatic heterocycles. The maximum absolute atomic E-state index is 12.0. The predicted octanol–water partition coefficient (Wildman–Crippen LogP) is 1.79. The monoisotopic (exact) mass is 282 g/mol. The fourth-order valence-corrected chi connectivity index (χ4v) is 2.05. The second-order valence-corrected chi connectivity index (χ2v) is 4.77. The third-order valence-corrected chi connectivity index (χ3v) is 3.08. The molecule has 19 heavy (non-hydrogen) atoms. The van der Waals surface area contributed by atoms with E-state index in [1.807, 2.05) is 0 Å². The standard InChI is InChI=1S/C11H17F3N2O3/c1-15(5-3-11(12,13)14)10(19)16-4-2-8(7-16)6-9(17)18/h8H,2-7H2,1H3,(H,17,18). The molecule has 1 heterocycles. The number of carbonyl (C=O) groups excluding carboxylic acids is 1. The second-order valence-electron chi connectivity index (χ2n) is 4.77. The van der Waals surface area contributed by atoms with Crippen LogP contribution in [0, 0.1) is 5.92 Å². The first kappa shape index (κ1) is 15.6. The molecule has 0 aromatic carbocycles. The van der Waals surface area contributed by atoms with Gasteiger partial charge < -0.3 is 14.9 Å². The summed E-state index contributed by atoms with van der Waals surface area (Å²) in [6.45, 7) is 0.303. The summed E-state index contributed by atoms with van der Waals surface area (Å²) in [7, 11) is 1.32. The van der Waals surface area contributed by atoms with Gasteiger partial charge in [0.1, 0.15) is 0 Å². The lowest BCUT2D eigenvalue weighted by molar-refractivity contribution is -0.138. The molecule has 1 N–H and O–H groups in total. The van der Waals surface area contributed by atoms with Gasteiger partial charge in [0.25, 0.3) is 0 Å². The van der Waals surface area contributed by atoms with Crippen molar-refractivity contribution in [1.29, 1.82) is 0 Å². The zero-order chi connectivity index (χ0) is 14.6. The number of carboxylic acids is 1. The van der Waals surface area contributed by atoms with Gasteiger partial charge in [-0.1, -0.05) is 0 Å². The van der Waals surface area contributed by atoms with Gasteiger partial charge in [0.2, 0.25) is 0 Å². The van der Waals surface area contributed by atoms with Crippen molar-refractivity contribution in [2.75, 3.05) is 26.7 Å². The number of urea groups is 1. The fraction of sp³-hybridized carbons (Fsp3) is 0.818. The third kappa shape index (κ3) is 5.35. The summed E-state index contributed by atoms with van der Waals surface area (Å²) >= 11 is 0. The van der Waals surface area contributed by atoms with Gasteiger partial charge in [0, 0.05) is 33.1 Å². The molecule has 0 aromatic heterocycles. The number of rotatable bonds is 4. The van der Waals surface area contributed by atoms with Crippen LogP contribution in [0.25, 0.3) is 0 Å². The van der Waals surface area contributed by atoms with Crippen LogP contribution >= 0.6 is 0 Å². The number of carboxylic acid groups (broad SMARTS) is 1. The summed E-state index contributed by atoms with van der Waals surface area (Å²) in [5.41, 5.74) is 0. The number of hydrogen-bond donors (Lipinski definition) is 1. The third-order valence-electron chi connectivity index (χ3n) is 3.08. The summed E-state index contributed by atoms with van der Waals surface area (Å²) in [6.07, 6.45) is -4.77. The maximum atomic E-state index is 12.0. The topological polar surface area (TPSA) is 60.9 Å². The van der Waals surface area contributed by atoms with E-state index in [1.165, 1.54) is 11.9 Å². The van der Waals surface area contributed by atoms with Crippen LogP contribution in [0.3, 0.4) is 0 Å². The van der Waals surface area contributed by atoms with E-state index in [1.54, 1.807) is 0 Å². The van der Waals surface area contributed by atoms with Gasteiger partial charge in [-0.25, -0.2) is 4.79 Å². The van der Waals surface area contributed by atoms with Crippen molar-refractivity contribution in [3.8, 4) is 0 Å². The Hall–Kier alpha value is -1.47. The molecule has 0 spiro atoms. The second kappa shape index (κ2) is 6.12. The average Bonchev–Trinajstić information content (AvgIpc) is 2.71. The van der Waals surface area contributed by atoms with Gasteiger partial charge in [-0.05, 0) is 12.3 Å². The van der Waals surface area contributed by atoms with Gasteiger partial charge >= 0.3 is 18.2 Å². The zero-order valence-electron chi connectivity index (χ0n) is 10.6. The Morgan fingerprint density at radius 1 is 1.42 bits per heavy atom. The normalized spacial score (nSPS) is 19.6. The van der Waals surface area contributed by atoms with Gasteiger partial charge in [-0.2, -0.15) is 13.2 Å². The molecule has 8 heteroatoms. The minimum atomic E-state index is -4.29. The van der Waals surface area contributed by atoms with Crippen molar-refractivity contribution in [2.45, 2.75) is 25.4 Å². The van der Waals surface area contributed by atoms with Crippen molar-refractivity contribution < 1.29 is 27.9 Å². The number of likely N-dealkylation sites (tertiary alicyclic amines) is 1. The van der Waals surface area contributed by atoms with Crippen molar-refractivity contribution >= 4 is 12.0 Å². The minimum Gasteiger partial charge on any atom is -0.481 e. The number of alkyl halides is 3. The maximum Gasteiger partial charge on any atom is 0.390 e. The van der Waals surface area contributed by atoms with Crippen LogP contribution in [0.15, 0.2) is 0 Å². The van der Waals surface area contributed by atoms with Crippen LogP contribution in [0.1, 0.15) is 19.3 Å². The lowest BCUT2D eigenvalue weighted by atomic mass is 10.1. The Balaban J connectivity index is 2.39. The molecule has 0 aromatic rings. The van der Waals surface area contributed by atoms with E-state index in [0.717, 1.165) is 4.90 Å². The molecule has 5 nitrogen and oxygen atoms in total. The van der Waals surface area contributed by atoms with Crippen molar-refractivity contribution in [3.63, 3.8) is 0 Å². The summed E-state index contributed by atoms with van der Waals surface area (Å²) in [4.78, 5) is 24.8. The van der Waals surface area contributed by atoms with E-state index in [-0.39, 0.29) is 18.9 Å². The molecule has 0 radical (unpaired) electrons. The summed E-state index contributed by atoms with van der Waals surface area (Å²) in [6, 6.07) is -0.475. The number of carbonyl (C=O) groups is 2. The van der Waals surface area contributed by atoms with Crippen LogP contribution in [-0.4, -0.2) is 59.8 Å². The first-order valence-corrected chi connectivity index (χ1v) is 5.97. The fourth-order valence-electron chi connectivity index (χ4n) is 2.05. The Bertz CT molecular complexity index is 347. The highest BCUT2D eigenvalue weighted by Crippen LogP contribution is 2.22. The number of amides is 2. The molecule has 1 rings (SSSR count). The molecular formula is C11H17F3N2O3. The van der Waals surface area contributed by atoms with E-state index >= 15 is 0 Å². The molecule has 1 saturated heterocycles. The van der Waals surface area contributed by atoms with E-state index in [9.17, 15) is 22.8 Å². The van der Waals surface area contributed by atoms with Gasteiger partial charge in [0.15, 0.2) is 0 Å². The molecule has 110 valence electrons. The largest absolute Gasteiger partial charge is 0.481 e. The average molecular weight is 282 g/mol. The molecule has 1 unspecified atom stereocenters. The quantitative estimate of drug-likeness (QED) is 0.855. The zero-order valence-corrected chi connectivity index (χ0v) is 10.6. The first-order valence-electron chi connectivity index (χ1n) is 5.97. The van der Waals surface area contributed by atoms with Crippen LogP contribution in [-0.2, 0) is 4.79 Å². The Morgan fingerprint density at radius 2 is 2.05 bits per heavy atom. The Labute approximate surface area is 109 Å². The van der Waals surface area contributed by atoms with E-state index < -0.39 is 24.6 Å². The Morgan fingerprint density at radius 3 is 2.58 bits per heavy atom. The minimum absolute atomic E-state index is 0.0178. The van der Waals surface area contributed by atoms with E-state index in [4.69, 9.17) is 5.11 Å². The molecule has 1 fully saturated rings. The smallest absolute Gasteiger partial charge is 0.390 e. The van der Waals surface area contributed by atoms with Crippen LogP contribution in [0.5, 0.6) is 0 Å². The molecule has 1 atom stereocenters. The van der Waals surface area contributed by atoms with Crippen LogP contribution < -0.4 is 0 Å². The Kier molecular flexibility index (Phi) is 5.02. The van der Waals surface area contributed by atoms with Crippen molar-refractivity contribution in [1.82, 2.24) is 9.80 Å². The van der Waals surface area contributed by atoms with Gasteiger partial charge in [-0.15, -0.1) is 0 Å². The van der Waals surface area contributed by atoms with E-state index in [2.05, 4.69) is 0 Å². The summed E-state index contributed by atoms with van der Waals surface area (Å²) < 4.78 is 36.1. The molecule has 0 aliphatic carbocycles. The molecule has 2 amide bonds. The summed E-state index contributed by atoms with van der Waals surface area (Å²) in [5, 5.41) is 8.64. The highest BCUT2D eigenvalue weighted by molar-refractivity contribution is 5.74. The van der Waals surface area contributed by atoms with Crippen molar-refractivity contribution in [2.24, 2.45) is 5.92 Å². The molecule has 0 saturated carbocycles. The van der Waals surface area contributed by atoms with Gasteiger partial charge in [-0.3, -0.25) is 4.79 Å². The lowest BCUT2D eigenvalue weighted by Gasteiger charge is -2.25. The number of halogens is 3. The van der Waals surface area contributed by atoms with E-state index in [0.29, 0.717) is 19.5 Å². The summed E-state index contributed by atoms with van der Waals surface area (Å²) in [5.74, 6) is -1.04. The number of nitrogens with zero attached hydrogens (tertiary/aromatic N) is 2. The first-order chi connectivity index (χ1) is 8.69. The van der Waals surface area contributed by atoms with Gasteiger partial charge in [0.05, 0.1) is 6.42 Å². The van der Waals surface area contributed by atoms with Crippen LogP contribution in [0.4, 0.5) is 18.0 Å². The van der Waals surface area contributed by atoms with Crippen molar-refractivity contribution in [3.05, 3.63) is 0 Å². The molecule has 1 aliphatic rings. The SMILES string of the molecule is CN(CCC(F)(F)F)C(=O)N1CCC(CC(=O)O)C1. The predicted molar refractivity (Wildman–Crippen MR) is 60.6 cm³/mol. The highest BCUT2D eigenvalue weighted by Gasteiger charge is 2.32. The molecule has 0 bridgehead atoms. The lowest BCUT2D eigenvalue weighted by Crippen LogP contribution is -2.41. The highest BCUT2D eigenvalue weighted by atomic mass is 19.4. The number of aliphatic carboxylic acids is 1. The van der Waals surface area contributed by atoms with Crippen LogP contribution in [0.2, 0.25) is 0 Å².